The van der Waals surface area contributed by atoms with E-state index in [1.807, 2.05) is 0 Å². The summed E-state index contributed by atoms with van der Waals surface area (Å²) in [4.78, 5) is 0. The Bertz CT molecular complexity index is 511. The second-order valence-corrected chi connectivity index (χ2v) is 3.19. The van der Waals surface area contributed by atoms with E-state index in [2.05, 4.69) is 6.26 Å². The van der Waals surface area contributed by atoms with Crippen molar-refractivity contribution in [1.82, 2.24) is 0 Å². The predicted molar refractivity (Wildman–Crippen MR) is 45.0 cm³/mol. The lowest BCUT2D eigenvalue weighted by molar-refractivity contribution is -0.289. The lowest BCUT2D eigenvalue weighted by Crippen LogP contribution is -2.33. The quantitative estimate of drug-likeness (QED) is 0.683. The Kier molecular flexibility index (Phi) is 2.18. The van der Waals surface area contributed by atoms with Crippen LogP contribution in [-0.4, -0.2) is 6.18 Å². The molecule has 0 saturated carbocycles. The van der Waals surface area contributed by atoms with Crippen molar-refractivity contribution < 1.29 is 26.4 Å². The van der Waals surface area contributed by atoms with E-state index in [0.29, 0.717) is 6.07 Å². The van der Waals surface area contributed by atoms with E-state index in [9.17, 15) is 22.0 Å². The molecule has 0 aliphatic rings. The third kappa shape index (κ3) is 1.54. The fourth-order valence-corrected chi connectivity index (χ4v) is 1.27. The van der Waals surface area contributed by atoms with Crippen molar-refractivity contribution in [3.8, 4) is 0 Å². The molecule has 2 rings (SSSR count). The van der Waals surface area contributed by atoms with Crippen LogP contribution < -0.4 is 0 Å². The van der Waals surface area contributed by atoms with E-state index in [1.54, 1.807) is 0 Å². The molecule has 1 aromatic heterocycles. The highest BCUT2D eigenvalue weighted by molar-refractivity contribution is 5.77. The van der Waals surface area contributed by atoms with Crippen LogP contribution in [0.1, 0.15) is 5.56 Å². The second kappa shape index (κ2) is 3.20. The van der Waals surface area contributed by atoms with Gasteiger partial charge in [-0.2, -0.15) is 22.0 Å². The summed E-state index contributed by atoms with van der Waals surface area (Å²) in [6, 6.07) is 3.68. The molecule has 6 heteroatoms. The third-order valence-electron chi connectivity index (χ3n) is 2.11. The van der Waals surface area contributed by atoms with Crippen molar-refractivity contribution in [3.05, 3.63) is 36.1 Å². The standard InChI is InChI=1S/C10H4F5O/c11-9(12,10(13,14)15)7-1-2-8-6(5-7)3-4-16-8/h1-3,5H. The van der Waals surface area contributed by atoms with E-state index in [4.69, 9.17) is 4.42 Å². The highest BCUT2D eigenvalue weighted by atomic mass is 19.4. The van der Waals surface area contributed by atoms with Crippen LogP contribution in [0.5, 0.6) is 0 Å². The summed E-state index contributed by atoms with van der Waals surface area (Å²) >= 11 is 0. The molecule has 0 bridgehead atoms. The largest absolute Gasteiger partial charge is 0.458 e. The summed E-state index contributed by atoms with van der Waals surface area (Å²) in [6.07, 6.45) is -3.35. The molecular formula is C10H4F5O. The van der Waals surface area contributed by atoms with Gasteiger partial charge in [-0.05, 0) is 24.3 Å². The molecule has 85 valence electrons. The topological polar surface area (TPSA) is 13.1 Å². The van der Waals surface area contributed by atoms with Crippen molar-refractivity contribution in [2.45, 2.75) is 12.1 Å². The molecule has 0 unspecified atom stereocenters. The van der Waals surface area contributed by atoms with Crippen molar-refractivity contribution in [2.24, 2.45) is 0 Å². The number of alkyl halides is 5. The maximum Gasteiger partial charge on any atom is 0.458 e. The number of rotatable bonds is 1. The molecule has 16 heavy (non-hydrogen) atoms. The summed E-state index contributed by atoms with van der Waals surface area (Å²) in [5.41, 5.74) is -0.899. The van der Waals surface area contributed by atoms with Crippen LogP contribution >= 0.6 is 0 Å². The maximum absolute atomic E-state index is 12.9. The Hall–Kier alpha value is -1.59. The summed E-state index contributed by atoms with van der Waals surface area (Å²) in [6.45, 7) is 0. The summed E-state index contributed by atoms with van der Waals surface area (Å²) < 4.78 is 66.8. The van der Waals surface area contributed by atoms with Gasteiger partial charge >= 0.3 is 12.1 Å². The summed E-state index contributed by atoms with van der Waals surface area (Å²) in [7, 11) is 0. The number of furan rings is 1. The highest BCUT2D eigenvalue weighted by Crippen LogP contribution is 2.44. The van der Waals surface area contributed by atoms with Gasteiger partial charge in [0.2, 0.25) is 0 Å². The molecule has 0 fully saturated rings. The van der Waals surface area contributed by atoms with Crippen LogP contribution in [0.2, 0.25) is 0 Å². The number of halogens is 5. The van der Waals surface area contributed by atoms with Gasteiger partial charge in [-0.15, -0.1) is 0 Å². The molecule has 0 atom stereocenters. The van der Waals surface area contributed by atoms with Gasteiger partial charge in [0.15, 0.2) is 6.26 Å². The lowest BCUT2D eigenvalue weighted by Gasteiger charge is -2.19. The first kappa shape index (κ1) is 10.9. The molecule has 2 aromatic rings. The van der Waals surface area contributed by atoms with Crippen LogP contribution in [0.4, 0.5) is 22.0 Å². The first-order chi connectivity index (χ1) is 7.32. The highest BCUT2D eigenvalue weighted by Gasteiger charge is 2.58. The van der Waals surface area contributed by atoms with Gasteiger partial charge in [0.05, 0.1) is 0 Å². The van der Waals surface area contributed by atoms with Crippen molar-refractivity contribution >= 4 is 11.0 Å². The predicted octanol–water partition coefficient (Wildman–Crippen LogP) is 3.89. The molecule has 0 amide bonds. The van der Waals surface area contributed by atoms with Gasteiger partial charge in [0.25, 0.3) is 0 Å². The van der Waals surface area contributed by atoms with E-state index in [0.717, 1.165) is 12.1 Å². The summed E-state index contributed by atoms with van der Waals surface area (Å²) in [5.74, 6) is -4.86. The Morgan fingerprint density at radius 1 is 1.06 bits per heavy atom. The molecule has 1 radical (unpaired) electrons. The van der Waals surface area contributed by atoms with Gasteiger partial charge in [-0.3, -0.25) is 0 Å². The molecule has 0 N–H and O–H groups in total. The van der Waals surface area contributed by atoms with Gasteiger partial charge in [-0.25, -0.2) is 0 Å². The Morgan fingerprint density at radius 2 is 1.75 bits per heavy atom. The van der Waals surface area contributed by atoms with Crippen LogP contribution in [0, 0.1) is 6.26 Å². The lowest BCUT2D eigenvalue weighted by atomic mass is 10.1. The molecule has 1 aromatic carbocycles. The third-order valence-corrected chi connectivity index (χ3v) is 2.11. The average molecular weight is 235 g/mol. The zero-order valence-corrected chi connectivity index (χ0v) is 7.61. The van der Waals surface area contributed by atoms with Crippen molar-refractivity contribution in [1.29, 1.82) is 0 Å². The maximum atomic E-state index is 12.9. The van der Waals surface area contributed by atoms with Crippen LogP contribution in [0.3, 0.4) is 0 Å². The average Bonchev–Trinajstić information content (AvgIpc) is 2.61. The zero-order chi connectivity index (χ0) is 12.0. The second-order valence-electron chi connectivity index (χ2n) is 3.19. The first-order valence-corrected chi connectivity index (χ1v) is 4.17. The minimum Gasteiger partial charge on any atom is -0.453 e. The molecule has 1 nitrogen and oxygen atoms in total. The fraction of sp³-hybridized carbons (Fsp3) is 0.200. The SMILES string of the molecule is FC(F)(F)C(F)(F)c1ccc2o[c]cc2c1. The van der Waals surface area contributed by atoms with E-state index in [1.165, 1.54) is 6.07 Å². The summed E-state index contributed by atoms with van der Waals surface area (Å²) in [5, 5.41) is 0.154. The molecule has 0 aliphatic carbocycles. The van der Waals surface area contributed by atoms with E-state index < -0.39 is 17.7 Å². The Morgan fingerprint density at radius 3 is 2.38 bits per heavy atom. The normalized spacial score (nSPS) is 13.3. The van der Waals surface area contributed by atoms with Gasteiger partial charge in [0, 0.05) is 10.9 Å². The smallest absolute Gasteiger partial charge is 0.453 e. The molecule has 0 aliphatic heterocycles. The minimum absolute atomic E-state index is 0.154. The Labute approximate surface area is 86.5 Å². The van der Waals surface area contributed by atoms with E-state index in [-0.39, 0.29) is 11.0 Å². The number of fused-ring (bicyclic) bond motifs is 1. The van der Waals surface area contributed by atoms with Crippen LogP contribution in [-0.2, 0) is 5.92 Å². The van der Waals surface area contributed by atoms with Crippen LogP contribution in [0.25, 0.3) is 11.0 Å². The molecule has 0 saturated heterocycles. The zero-order valence-electron chi connectivity index (χ0n) is 7.61. The number of hydrogen-bond acceptors (Lipinski definition) is 1. The number of hydrogen-bond donors (Lipinski definition) is 0. The van der Waals surface area contributed by atoms with Gasteiger partial charge < -0.3 is 4.42 Å². The van der Waals surface area contributed by atoms with Crippen molar-refractivity contribution in [3.63, 3.8) is 0 Å². The Balaban J connectivity index is 2.54. The minimum atomic E-state index is -5.60. The van der Waals surface area contributed by atoms with Crippen LogP contribution in [0.15, 0.2) is 28.7 Å². The monoisotopic (exact) mass is 235 g/mol. The number of benzene rings is 1. The molecule has 1 heterocycles. The van der Waals surface area contributed by atoms with Gasteiger partial charge in [0.1, 0.15) is 5.58 Å². The molecule has 0 spiro atoms. The first-order valence-electron chi connectivity index (χ1n) is 4.17. The van der Waals surface area contributed by atoms with Crippen molar-refractivity contribution in [2.75, 3.05) is 0 Å². The van der Waals surface area contributed by atoms with E-state index >= 15 is 0 Å². The van der Waals surface area contributed by atoms with Gasteiger partial charge in [-0.1, -0.05) is 0 Å². The molecular weight excluding hydrogens is 231 g/mol. The fourth-order valence-electron chi connectivity index (χ4n) is 1.27.